The van der Waals surface area contributed by atoms with Gasteiger partial charge in [-0.15, -0.1) is 0 Å². The summed E-state index contributed by atoms with van der Waals surface area (Å²) in [7, 11) is 0. The molecule has 1 heterocycles. The minimum absolute atomic E-state index is 0.0495. The Morgan fingerprint density at radius 1 is 1.24 bits per heavy atom. The van der Waals surface area contributed by atoms with Gasteiger partial charge in [0.1, 0.15) is 5.75 Å². The van der Waals surface area contributed by atoms with Gasteiger partial charge in [-0.05, 0) is 36.8 Å². The molecule has 1 aromatic heterocycles. The molecule has 0 N–H and O–H groups in total. The molecule has 6 heteroatoms. The van der Waals surface area contributed by atoms with Crippen LogP contribution in [-0.2, 0) is 0 Å². The first-order chi connectivity index (χ1) is 9.89. The molecule has 2 aromatic rings. The minimum Gasteiger partial charge on any atom is -0.484 e. The highest BCUT2D eigenvalue weighted by Crippen LogP contribution is 2.28. The lowest BCUT2D eigenvalue weighted by Crippen LogP contribution is -2.19. The van der Waals surface area contributed by atoms with Crippen molar-refractivity contribution in [2.24, 2.45) is 0 Å². The van der Waals surface area contributed by atoms with Gasteiger partial charge in [-0.1, -0.05) is 6.07 Å². The van der Waals surface area contributed by atoms with Crippen LogP contribution in [0.4, 0.5) is 13.2 Å². The molecule has 0 saturated heterocycles. The van der Waals surface area contributed by atoms with Gasteiger partial charge in [-0.25, -0.2) is 0 Å². The number of nitrogens with zero attached hydrogens (tertiary/aromatic N) is 1. The van der Waals surface area contributed by atoms with E-state index in [2.05, 4.69) is 4.98 Å². The number of carbonyl (C=O) groups is 1. The number of carbonyl (C=O) groups excluding carboxylic acids is 1. The Morgan fingerprint density at radius 3 is 2.57 bits per heavy atom. The number of alkyl halides is 3. The molecular weight excluding hydrogens is 283 g/mol. The van der Waals surface area contributed by atoms with Gasteiger partial charge in [0, 0.05) is 23.0 Å². The molecule has 21 heavy (non-hydrogen) atoms. The van der Waals surface area contributed by atoms with Crippen molar-refractivity contribution in [2.45, 2.75) is 13.1 Å². The zero-order valence-electron chi connectivity index (χ0n) is 11.1. The molecule has 0 fully saturated rings. The number of ether oxygens (including phenoxy) is 1. The smallest absolute Gasteiger partial charge is 0.422 e. The second-order valence-electron chi connectivity index (χ2n) is 4.46. The Balaban J connectivity index is 2.34. The lowest BCUT2D eigenvalue weighted by Gasteiger charge is -2.11. The molecule has 0 aliphatic rings. The van der Waals surface area contributed by atoms with Crippen molar-refractivity contribution >= 4 is 6.29 Å². The molecule has 2 rings (SSSR count). The van der Waals surface area contributed by atoms with Crippen molar-refractivity contribution in [3.63, 3.8) is 0 Å². The van der Waals surface area contributed by atoms with E-state index in [1.54, 1.807) is 18.3 Å². The van der Waals surface area contributed by atoms with E-state index in [-0.39, 0.29) is 5.75 Å². The maximum atomic E-state index is 12.2. The Labute approximate surface area is 119 Å². The number of hydrogen-bond donors (Lipinski definition) is 0. The molecule has 3 nitrogen and oxygen atoms in total. The third-order valence-electron chi connectivity index (χ3n) is 2.78. The molecule has 0 aliphatic carbocycles. The molecule has 0 unspecified atom stereocenters. The van der Waals surface area contributed by atoms with Gasteiger partial charge in [0.15, 0.2) is 12.9 Å². The largest absolute Gasteiger partial charge is 0.484 e. The second kappa shape index (κ2) is 5.95. The van der Waals surface area contributed by atoms with Gasteiger partial charge in [0.05, 0.1) is 0 Å². The number of halogens is 3. The minimum atomic E-state index is -4.41. The molecule has 0 aliphatic heterocycles. The third kappa shape index (κ3) is 4.05. The van der Waals surface area contributed by atoms with Gasteiger partial charge in [-0.3, -0.25) is 9.78 Å². The number of aromatic nitrogens is 1. The van der Waals surface area contributed by atoms with Crippen LogP contribution in [0.1, 0.15) is 16.1 Å². The Kier molecular flexibility index (Phi) is 4.26. The molecule has 0 saturated carbocycles. The van der Waals surface area contributed by atoms with Crippen LogP contribution in [0, 0.1) is 6.92 Å². The lowest BCUT2D eigenvalue weighted by molar-refractivity contribution is -0.153. The average Bonchev–Trinajstić information content (AvgIpc) is 2.45. The molecule has 0 amide bonds. The first kappa shape index (κ1) is 15.0. The first-order valence-corrected chi connectivity index (χ1v) is 6.11. The fraction of sp³-hybridized carbons (Fsp3) is 0.200. The number of rotatable bonds is 4. The second-order valence-corrected chi connectivity index (χ2v) is 4.46. The van der Waals surface area contributed by atoms with Crippen LogP contribution in [0.15, 0.2) is 36.5 Å². The predicted octanol–water partition coefficient (Wildman–Crippen LogP) is 3.81. The van der Waals surface area contributed by atoms with E-state index in [0.717, 1.165) is 5.69 Å². The van der Waals surface area contributed by atoms with E-state index in [0.29, 0.717) is 23.0 Å². The maximum absolute atomic E-state index is 12.2. The van der Waals surface area contributed by atoms with Crippen LogP contribution >= 0.6 is 0 Å². The van der Waals surface area contributed by atoms with E-state index in [1.807, 2.05) is 6.92 Å². The van der Waals surface area contributed by atoms with Crippen molar-refractivity contribution in [3.8, 4) is 16.9 Å². The highest BCUT2D eigenvalue weighted by atomic mass is 19.4. The maximum Gasteiger partial charge on any atom is 0.422 e. The number of benzene rings is 1. The van der Waals surface area contributed by atoms with Gasteiger partial charge < -0.3 is 4.74 Å². The van der Waals surface area contributed by atoms with Crippen LogP contribution < -0.4 is 4.74 Å². The van der Waals surface area contributed by atoms with Crippen LogP contribution in [0.2, 0.25) is 0 Å². The normalized spacial score (nSPS) is 11.2. The molecule has 110 valence electrons. The topological polar surface area (TPSA) is 39.2 Å². The average molecular weight is 295 g/mol. The zero-order chi connectivity index (χ0) is 15.5. The summed E-state index contributed by atoms with van der Waals surface area (Å²) < 4.78 is 41.2. The van der Waals surface area contributed by atoms with E-state index in [9.17, 15) is 18.0 Å². The van der Waals surface area contributed by atoms with Crippen molar-refractivity contribution in [1.82, 2.24) is 4.98 Å². The predicted molar refractivity (Wildman–Crippen MR) is 71.3 cm³/mol. The molecule has 1 aromatic carbocycles. The summed E-state index contributed by atoms with van der Waals surface area (Å²) in [6, 6.07) is 7.67. The molecule has 0 radical (unpaired) electrons. The molecule has 0 bridgehead atoms. The summed E-state index contributed by atoms with van der Waals surface area (Å²) in [5, 5.41) is 0. The first-order valence-electron chi connectivity index (χ1n) is 6.11. The highest BCUT2D eigenvalue weighted by Gasteiger charge is 2.28. The SMILES string of the molecule is Cc1ccc(-c2cc(OCC(F)(F)F)ccc2C=O)cn1. The van der Waals surface area contributed by atoms with Crippen molar-refractivity contribution in [2.75, 3.05) is 6.61 Å². The summed E-state index contributed by atoms with van der Waals surface area (Å²) in [6.45, 7) is 0.437. The Hall–Kier alpha value is -2.37. The van der Waals surface area contributed by atoms with Crippen molar-refractivity contribution in [3.05, 3.63) is 47.8 Å². The lowest BCUT2D eigenvalue weighted by atomic mass is 10.0. The molecule has 0 atom stereocenters. The number of pyridine rings is 1. The van der Waals surface area contributed by atoms with E-state index in [4.69, 9.17) is 4.74 Å². The van der Waals surface area contributed by atoms with Crippen LogP contribution in [0.25, 0.3) is 11.1 Å². The summed E-state index contributed by atoms with van der Waals surface area (Å²) >= 11 is 0. The summed E-state index contributed by atoms with van der Waals surface area (Å²) in [4.78, 5) is 15.2. The Bertz CT molecular complexity index is 636. The fourth-order valence-electron chi connectivity index (χ4n) is 1.77. The Morgan fingerprint density at radius 2 is 2.00 bits per heavy atom. The number of hydrogen-bond acceptors (Lipinski definition) is 3. The van der Waals surface area contributed by atoms with Crippen molar-refractivity contribution in [1.29, 1.82) is 0 Å². The van der Waals surface area contributed by atoms with E-state index < -0.39 is 12.8 Å². The molecule has 0 spiro atoms. The molecular formula is C15H12F3NO2. The van der Waals surface area contributed by atoms with Gasteiger partial charge >= 0.3 is 6.18 Å². The summed E-state index contributed by atoms with van der Waals surface area (Å²) in [5.41, 5.74) is 2.29. The summed E-state index contributed by atoms with van der Waals surface area (Å²) in [6.07, 6.45) is -2.21. The van der Waals surface area contributed by atoms with E-state index >= 15 is 0 Å². The highest BCUT2D eigenvalue weighted by molar-refractivity contribution is 5.88. The number of aryl methyl sites for hydroxylation is 1. The van der Waals surface area contributed by atoms with Crippen LogP contribution in [0.3, 0.4) is 0 Å². The van der Waals surface area contributed by atoms with Gasteiger partial charge in [0.2, 0.25) is 0 Å². The summed E-state index contributed by atoms with van der Waals surface area (Å²) in [5.74, 6) is 0.0495. The van der Waals surface area contributed by atoms with Crippen LogP contribution in [-0.4, -0.2) is 24.1 Å². The van der Waals surface area contributed by atoms with Crippen LogP contribution in [0.5, 0.6) is 5.75 Å². The third-order valence-corrected chi connectivity index (χ3v) is 2.78. The van der Waals surface area contributed by atoms with Gasteiger partial charge in [-0.2, -0.15) is 13.2 Å². The van der Waals surface area contributed by atoms with Gasteiger partial charge in [0.25, 0.3) is 0 Å². The number of aldehydes is 1. The quantitative estimate of drug-likeness (QED) is 0.805. The zero-order valence-corrected chi connectivity index (χ0v) is 11.1. The standard InChI is InChI=1S/C15H12F3NO2/c1-10-2-3-11(7-19-10)14-6-13(5-4-12(14)8-20)21-9-15(16,17)18/h2-8H,9H2,1H3. The van der Waals surface area contributed by atoms with Crippen molar-refractivity contribution < 1.29 is 22.7 Å². The monoisotopic (exact) mass is 295 g/mol. The van der Waals surface area contributed by atoms with E-state index in [1.165, 1.54) is 18.2 Å². The fourth-order valence-corrected chi connectivity index (χ4v) is 1.77.